The minimum absolute atomic E-state index is 0.0431. The first-order valence-electron chi connectivity index (χ1n) is 8.33. The molecule has 1 amide bonds. The lowest BCUT2D eigenvalue weighted by Crippen LogP contribution is -2.55. The second-order valence-corrected chi connectivity index (χ2v) is 6.88. The first-order valence-corrected chi connectivity index (χ1v) is 8.33. The van der Waals surface area contributed by atoms with Gasteiger partial charge in [-0.15, -0.1) is 0 Å². The summed E-state index contributed by atoms with van der Waals surface area (Å²) >= 11 is 0. The monoisotopic (exact) mass is 281 g/mol. The van der Waals surface area contributed by atoms with Gasteiger partial charge in [-0.2, -0.15) is 0 Å². The third-order valence-electron chi connectivity index (χ3n) is 5.16. The average molecular weight is 281 g/mol. The second kappa shape index (κ2) is 6.90. The largest absolute Gasteiger partial charge is 0.342 e. The SMILES string of the molecule is CCNCC1CCN(C(=O)C2CCCCC2(C)N)CC1. The molecule has 2 rings (SSSR count). The van der Waals surface area contributed by atoms with E-state index >= 15 is 0 Å². The topological polar surface area (TPSA) is 58.4 Å². The van der Waals surface area contributed by atoms with E-state index < -0.39 is 0 Å². The summed E-state index contributed by atoms with van der Waals surface area (Å²) in [6.45, 7) is 8.17. The molecule has 0 aromatic carbocycles. The van der Waals surface area contributed by atoms with Crippen molar-refractivity contribution in [2.45, 2.75) is 57.9 Å². The molecule has 1 aliphatic carbocycles. The summed E-state index contributed by atoms with van der Waals surface area (Å²) in [6.07, 6.45) is 6.55. The maximum Gasteiger partial charge on any atom is 0.227 e. The van der Waals surface area contributed by atoms with Gasteiger partial charge in [-0.05, 0) is 51.6 Å². The van der Waals surface area contributed by atoms with Crippen LogP contribution in [-0.4, -0.2) is 42.5 Å². The number of carbonyl (C=O) groups is 1. The number of hydrogen-bond acceptors (Lipinski definition) is 3. The number of piperidine rings is 1. The second-order valence-electron chi connectivity index (χ2n) is 6.88. The average Bonchev–Trinajstić information content (AvgIpc) is 2.44. The van der Waals surface area contributed by atoms with E-state index in [-0.39, 0.29) is 11.5 Å². The molecule has 2 fully saturated rings. The van der Waals surface area contributed by atoms with Gasteiger partial charge in [0.2, 0.25) is 5.91 Å². The molecule has 1 heterocycles. The number of hydrogen-bond donors (Lipinski definition) is 2. The quantitative estimate of drug-likeness (QED) is 0.825. The molecule has 4 nitrogen and oxygen atoms in total. The number of carbonyl (C=O) groups excluding carboxylic acids is 1. The van der Waals surface area contributed by atoms with Crippen molar-refractivity contribution in [1.82, 2.24) is 10.2 Å². The van der Waals surface area contributed by atoms with Crippen molar-refractivity contribution >= 4 is 5.91 Å². The van der Waals surface area contributed by atoms with E-state index in [9.17, 15) is 4.79 Å². The molecule has 0 spiro atoms. The molecule has 116 valence electrons. The number of amides is 1. The fourth-order valence-corrected chi connectivity index (χ4v) is 3.69. The molecule has 3 N–H and O–H groups in total. The van der Waals surface area contributed by atoms with Crippen molar-refractivity contribution in [3.8, 4) is 0 Å². The van der Waals surface area contributed by atoms with Gasteiger partial charge in [-0.3, -0.25) is 4.79 Å². The summed E-state index contributed by atoms with van der Waals surface area (Å²) in [5, 5.41) is 3.42. The third kappa shape index (κ3) is 3.73. The van der Waals surface area contributed by atoms with Crippen LogP contribution in [0.3, 0.4) is 0 Å². The third-order valence-corrected chi connectivity index (χ3v) is 5.16. The Bertz CT molecular complexity index is 322. The highest BCUT2D eigenvalue weighted by atomic mass is 16.2. The predicted molar refractivity (Wildman–Crippen MR) is 82.4 cm³/mol. The van der Waals surface area contributed by atoms with Gasteiger partial charge in [0.05, 0.1) is 5.92 Å². The Morgan fingerprint density at radius 1 is 1.30 bits per heavy atom. The molecule has 0 aromatic rings. The molecule has 1 saturated carbocycles. The number of nitrogens with zero attached hydrogens (tertiary/aromatic N) is 1. The lowest BCUT2D eigenvalue weighted by atomic mass is 9.73. The smallest absolute Gasteiger partial charge is 0.227 e. The molecule has 4 heteroatoms. The maximum atomic E-state index is 12.7. The van der Waals surface area contributed by atoms with Crippen molar-refractivity contribution in [2.24, 2.45) is 17.6 Å². The van der Waals surface area contributed by atoms with Crippen molar-refractivity contribution in [3.05, 3.63) is 0 Å². The van der Waals surface area contributed by atoms with Crippen LogP contribution in [-0.2, 0) is 4.79 Å². The zero-order chi connectivity index (χ0) is 14.6. The molecule has 1 saturated heterocycles. The van der Waals surface area contributed by atoms with Crippen molar-refractivity contribution < 1.29 is 4.79 Å². The molecule has 2 atom stereocenters. The molecule has 1 aliphatic heterocycles. The molecule has 0 aromatic heterocycles. The van der Waals surface area contributed by atoms with Crippen molar-refractivity contribution in [2.75, 3.05) is 26.2 Å². The molecule has 2 aliphatic rings. The van der Waals surface area contributed by atoms with Crippen molar-refractivity contribution in [3.63, 3.8) is 0 Å². The maximum absolute atomic E-state index is 12.7. The number of nitrogens with one attached hydrogen (secondary N) is 1. The molecule has 0 bridgehead atoms. The fraction of sp³-hybridized carbons (Fsp3) is 0.938. The van der Waals surface area contributed by atoms with Gasteiger partial charge in [0.1, 0.15) is 0 Å². The minimum atomic E-state index is -0.296. The lowest BCUT2D eigenvalue weighted by molar-refractivity contribution is -0.140. The summed E-state index contributed by atoms with van der Waals surface area (Å²) in [5.41, 5.74) is 6.07. The first kappa shape index (κ1) is 15.8. The van der Waals surface area contributed by atoms with Crippen LogP contribution in [0.4, 0.5) is 0 Å². The Hall–Kier alpha value is -0.610. The number of likely N-dealkylation sites (tertiary alicyclic amines) is 1. The highest BCUT2D eigenvalue weighted by molar-refractivity contribution is 5.80. The normalized spacial score (nSPS) is 32.4. The van der Waals surface area contributed by atoms with Gasteiger partial charge in [-0.1, -0.05) is 19.8 Å². The summed E-state index contributed by atoms with van der Waals surface area (Å²) in [4.78, 5) is 14.8. The van der Waals surface area contributed by atoms with Crippen LogP contribution >= 0.6 is 0 Å². The van der Waals surface area contributed by atoms with Crippen LogP contribution in [0, 0.1) is 11.8 Å². The van der Waals surface area contributed by atoms with Crippen LogP contribution in [0.15, 0.2) is 0 Å². The zero-order valence-electron chi connectivity index (χ0n) is 13.2. The van der Waals surface area contributed by atoms with Crippen LogP contribution in [0.2, 0.25) is 0 Å². The minimum Gasteiger partial charge on any atom is -0.342 e. The van der Waals surface area contributed by atoms with E-state index in [4.69, 9.17) is 5.73 Å². The van der Waals surface area contributed by atoms with Crippen LogP contribution in [0.5, 0.6) is 0 Å². The zero-order valence-corrected chi connectivity index (χ0v) is 13.2. The molecule has 0 radical (unpaired) electrons. The van der Waals surface area contributed by atoms with E-state index in [0.717, 1.165) is 64.2 Å². The van der Waals surface area contributed by atoms with E-state index in [0.29, 0.717) is 5.91 Å². The lowest BCUT2D eigenvalue weighted by Gasteiger charge is -2.41. The highest BCUT2D eigenvalue weighted by Gasteiger charge is 2.40. The Morgan fingerprint density at radius 2 is 2.00 bits per heavy atom. The Balaban J connectivity index is 1.85. The van der Waals surface area contributed by atoms with Crippen LogP contribution in [0.1, 0.15) is 52.4 Å². The molecular formula is C16H31N3O. The summed E-state index contributed by atoms with van der Waals surface area (Å²) in [5.74, 6) is 1.09. The summed E-state index contributed by atoms with van der Waals surface area (Å²) in [7, 11) is 0. The molecule has 20 heavy (non-hydrogen) atoms. The highest BCUT2D eigenvalue weighted by Crippen LogP contribution is 2.33. The van der Waals surface area contributed by atoms with E-state index in [1.807, 2.05) is 0 Å². The first-order chi connectivity index (χ1) is 9.54. The van der Waals surface area contributed by atoms with E-state index in [1.165, 1.54) is 6.42 Å². The molecular weight excluding hydrogens is 250 g/mol. The van der Waals surface area contributed by atoms with E-state index in [1.54, 1.807) is 0 Å². The number of nitrogens with two attached hydrogens (primary N) is 1. The molecule has 2 unspecified atom stereocenters. The predicted octanol–water partition coefficient (Wildman–Crippen LogP) is 1.74. The van der Waals surface area contributed by atoms with Gasteiger partial charge >= 0.3 is 0 Å². The van der Waals surface area contributed by atoms with Gasteiger partial charge in [0, 0.05) is 18.6 Å². The summed E-state index contributed by atoms with van der Waals surface area (Å²) < 4.78 is 0. The number of rotatable bonds is 4. The Morgan fingerprint density at radius 3 is 2.60 bits per heavy atom. The van der Waals surface area contributed by atoms with Gasteiger partial charge in [-0.25, -0.2) is 0 Å². The van der Waals surface area contributed by atoms with Crippen LogP contribution in [0.25, 0.3) is 0 Å². The summed E-state index contributed by atoms with van der Waals surface area (Å²) in [6, 6.07) is 0. The van der Waals surface area contributed by atoms with Crippen LogP contribution < -0.4 is 11.1 Å². The fourth-order valence-electron chi connectivity index (χ4n) is 3.69. The van der Waals surface area contributed by atoms with E-state index in [2.05, 4.69) is 24.1 Å². The van der Waals surface area contributed by atoms with Crippen molar-refractivity contribution in [1.29, 1.82) is 0 Å². The van der Waals surface area contributed by atoms with Gasteiger partial charge < -0.3 is 16.0 Å². The Labute approximate surface area is 123 Å². The van der Waals surface area contributed by atoms with Gasteiger partial charge in [0.25, 0.3) is 0 Å². The standard InChI is InChI=1S/C16H31N3O/c1-3-18-12-13-7-10-19(11-8-13)15(20)14-6-4-5-9-16(14,2)17/h13-14,18H,3-12,17H2,1-2H3. The Kier molecular flexibility index (Phi) is 5.44. The van der Waals surface area contributed by atoms with Gasteiger partial charge in [0.15, 0.2) is 0 Å².